The van der Waals surface area contributed by atoms with Crippen LogP contribution in [0, 0.1) is 0 Å². The van der Waals surface area contributed by atoms with Gasteiger partial charge in [0, 0.05) is 18.5 Å². The number of nitrogens with one attached hydrogen (secondary N) is 1. The van der Waals surface area contributed by atoms with Crippen molar-refractivity contribution in [2.24, 2.45) is 0 Å². The van der Waals surface area contributed by atoms with Crippen LogP contribution in [0.25, 0.3) is 0 Å². The van der Waals surface area contributed by atoms with Gasteiger partial charge in [0.1, 0.15) is 23.0 Å². The van der Waals surface area contributed by atoms with E-state index < -0.39 is 59.9 Å². The number of ether oxygens (including phenoxy) is 3. The second kappa shape index (κ2) is 9.78. The number of hydrogen-bond donors (Lipinski definition) is 3. The maximum absolute atomic E-state index is 12.6. The topological polar surface area (TPSA) is 152 Å². The standard InChI is InChI=1S/C23H32N2O9/c1-21(2,3)33-19(30)24-12-14-9-7-8-10-16(14)32-23(18(28)29)11-15(17(26)27)25(13-23)20(31)34-22(4,5)6/h7-10,15H,11-13H2,1-6H3,(H,24,30)(H,26,27)(H,28,29)/t15-,23+/m0/s1. The zero-order valence-electron chi connectivity index (χ0n) is 20.2. The Morgan fingerprint density at radius 3 is 2.15 bits per heavy atom. The molecule has 3 N–H and O–H groups in total. The predicted octanol–water partition coefficient (Wildman–Crippen LogP) is 3.01. The molecule has 0 aromatic heterocycles. The summed E-state index contributed by atoms with van der Waals surface area (Å²) in [5, 5.41) is 22.2. The number of para-hydroxylation sites is 1. The first kappa shape index (κ1) is 26.7. The summed E-state index contributed by atoms with van der Waals surface area (Å²) in [6, 6.07) is 4.95. The highest BCUT2D eigenvalue weighted by Gasteiger charge is 2.57. The van der Waals surface area contributed by atoms with E-state index in [0.29, 0.717) is 5.56 Å². The summed E-state index contributed by atoms with van der Waals surface area (Å²) >= 11 is 0. The number of carbonyl (C=O) groups excluding carboxylic acids is 2. The fourth-order valence-electron chi connectivity index (χ4n) is 3.32. The Balaban J connectivity index is 2.29. The van der Waals surface area contributed by atoms with Crippen molar-refractivity contribution < 1.29 is 43.6 Å². The van der Waals surface area contributed by atoms with Crippen molar-refractivity contribution in [3.8, 4) is 5.75 Å². The molecule has 2 amide bonds. The second-order valence-electron chi connectivity index (χ2n) is 10.0. The summed E-state index contributed by atoms with van der Waals surface area (Å²) in [5.74, 6) is -2.69. The van der Waals surface area contributed by atoms with Crippen LogP contribution in [0.5, 0.6) is 5.75 Å². The normalized spacial score (nSPS) is 20.4. The Kier molecular flexibility index (Phi) is 7.69. The van der Waals surface area contributed by atoms with Gasteiger partial charge in [-0.3, -0.25) is 4.90 Å². The van der Waals surface area contributed by atoms with Crippen molar-refractivity contribution in [3.63, 3.8) is 0 Å². The molecule has 1 aliphatic heterocycles. The fraction of sp³-hybridized carbons (Fsp3) is 0.565. The van der Waals surface area contributed by atoms with E-state index in [1.807, 2.05) is 0 Å². The average molecular weight is 481 g/mol. The Hall–Kier alpha value is -3.50. The molecule has 34 heavy (non-hydrogen) atoms. The van der Waals surface area contributed by atoms with E-state index in [-0.39, 0.29) is 12.3 Å². The van der Waals surface area contributed by atoms with Crippen molar-refractivity contribution in [3.05, 3.63) is 29.8 Å². The van der Waals surface area contributed by atoms with Gasteiger partial charge in [0.2, 0.25) is 5.60 Å². The molecule has 0 spiro atoms. The van der Waals surface area contributed by atoms with Gasteiger partial charge >= 0.3 is 24.1 Å². The highest BCUT2D eigenvalue weighted by Crippen LogP contribution is 2.35. The van der Waals surface area contributed by atoms with E-state index in [1.165, 1.54) is 6.07 Å². The van der Waals surface area contributed by atoms with Gasteiger partial charge in [-0.25, -0.2) is 19.2 Å². The molecule has 188 valence electrons. The third kappa shape index (κ3) is 7.00. The van der Waals surface area contributed by atoms with E-state index in [9.17, 15) is 29.4 Å². The van der Waals surface area contributed by atoms with Crippen LogP contribution in [0.15, 0.2) is 24.3 Å². The third-order valence-corrected chi connectivity index (χ3v) is 4.73. The minimum Gasteiger partial charge on any atom is -0.480 e. The van der Waals surface area contributed by atoms with Gasteiger partial charge in [-0.1, -0.05) is 18.2 Å². The number of rotatable bonds is 6. The van der Waals surface area contributed by atoms with Crippen molar-refractivity contribution in [2.75, 3.05) is 6.54 Å². The zero-order valence-corrected chi connectivity index (χ0v) is 20.2. The summed E-state index contributed by atoms with van der Waals surface area (Å²) in [7, 11) is 0. The lowest BCUT2D eigenvalue weighted by Gasteiger charge is -2.28. The molecule has 1 aromatic carbocycles. The number of carboxylic acids is 2. The molecule has 1 saturated heterocycles. The zero-order chi connectivity index (χ0) is 25.9. The van der Waals surface area contributed by atoms with Crippen LogP contribution in [0.4, 0.5) is 9.59 Å². The maximum atomic E-state index is 12.6. The lowest BCUT2D eigenvalue weighted by Crippen LogP contribution is -2.48. The SMILES string of the molecule is CC(C)(C)OC(=O)NCc1ccccc1O[C@]1(C(=O)O)C[C@@H](C(=O)O)N(C(=O)OC(C)(C)C)C1. The Morgan fingerprint density at radius 1 is 1.03 bits per heavy atom. The molecule has 11 heteroatoms. The van der Waals surface area contributed by atoms with Crippen molar-refractivity contribution in [1.29, 1.82) is 0 Å². The molecule has 0 saturated carbocycles. The molecule has 1 aliphatic rings. The highest BCUT2D eigenvalue weighted by atomic mass is 16.6. The van der Waals surface area contributed by atoms with Crippen molar-refractivity contribution in [1.82, 2.24) is 10.2 Å². The van der Waals surface area contributed by atoms with Gasteiger partial charge in [-0.05, 0) is 47.6 Å². The number of aliphatic carboxylic acids is 2. The molecular formula is C23H32N2O9. The molecule has 2 atom stereocenters. The van der Waals surface area contributed by atoms with Gasteiger partial charge in [0.25, 0.3) is 0 Å². The fourth-order valence-corrected chi connectivity index (χ4v) is 3.32. The first-order chi connectivity index (χ1) is 15.5. The first-order valence-electron chi connectivity index (χ1n) is 10.7. The Morgan fingerprint density at radius 2 is 1.62 bits per heavy atom. The van der Waals surface area contributed by atoms with E-state index in [0.717, 1.165) is 4.90 Å². The molecule has 1 heterocycles. The lowest BCUT2D eigenvalue weighted by molar-refractivity contribution is -0.154. The largest absolute Gasteiger partial charge is 0.480 e. The van der Waals surface area contributed by atoms with Crippen molar-refractivity contribution in [2.45, 2.75) is 77.4 Å². The van der Waals surface area contributed by atoms with Crippen LogP contribution in [0.3, 0.4) is 0 Å². The third-order valence-electron chi connectivity index (χ3n) is 4.73. The quantitative estimate of drug-likeness (QED) is 0.558. The summed E-state index contributed by atoms with van der Waals surface area (Å²) < 4.78 is 16.3. The number of nitrogens with zero attached hydrogens (tertiary/aromatic N) is 1. The first-order valence-corrected chi connectivity index (χ1v) is 10.7. The van der Waals surface area contributed by atoms with Crippen LogP contribution < -0.4 is 10.1 Å². The number of benzene rings is 1. The molecule has 1 aromatic rings. The lowest BCUT2D eigenvalue weighted by atomic mass is 9.99. The highest BCUT2D eigenvalue weighted by molar-refractivity contribution is 5.87. The monoisotopic (exact) mass is 480 g/mol. The maximum Gasteiger partial charge on any atom is 0.411 e. The van der Waals surface area contributed by atoms with Gasteiger partial charge in [0.05, 0.1) is 6.54 Å². The van der Waals surface area contributed by atoms with E-state index in [2.05, 4.69) is 5.32 Å². The number of hydrogen-bond acceptors (Lipinski definition) is 7. The van der Waals surface area contributed by atoms with E-state index in [4.69, 9.17) is 14.2 Å². The van der Waals surface area contributed by atoms with E-state index >= 15 is 0 Å². The summed E-state index contributed by atoms with van der Waals surface area (Å²) in [5.41, 5.74) is -3.21. The van der Waals surface area contributed by atoms with Crippen molar-refractivity contribution >= 4 is 24.1 Å². The minimum absolute atomic E-state index is 0.0288. The number of alkyl carbamates (subject to hydrolysis) is 1. The molecule has 1 fully saturated rings. The molecule has 0 radical (unpaired) electrons. The van der Waals surface area contributed by atoms with Crippen LogP contribution in [-0.4, -0.2) is 68.6 Å². The predicted molar refractivity (Wildman–Crippen MR) is 119 cm³/mol. The summed E-state index contributed by atoms with van der Waals surface area (Å²) in [6.07, 6.45) is -2.12. The van der Waals surface area contributed by atoms with Crippen LogP contribution in [0.2, 0.25) is 0 Å². The van der Waals surface area contributed by atoms with E-state index in [1.54, 1.807) is 59.7 Å². The number of carbonyl (C=O) groups is 4. The minimum atomic E-state index is -2.04. The van der Waals surface area contributed by atoms with Gasteiger partial charge < -0.3 is 29.7 Å². The molecule has 0 bridgehead atoms. The summed E-state index contributed by atoms with van der Waals surface area (Å²) in [6.45, 7) is 9.44. The second-order valence-corrected chi connectivity index (χ2v) is 10.0. The van der Waals surface area contributed by atoms with Gasteiger partial charge in [0.15, 0.2) is 0 Å². The molecule has 0 aliphatic carbocycles. The van der Waals surface area contributed by atoms with Crippen LogP contribution in [0.1, 0.15) is 53.5 Å². The van der Waals surface area contributed by atoms with Gasteiger partial charge in [-0.15, -0.1) is 0 Å². The van der Waals surface area contributed by atoms with Gasteiger partial charge in [-0.2, -0.15) is 0 Å². The number of amides is 2. The molecule has 2 rings (SSSR count). The van der Waals surface area contributed by atoms with Crippen LogP contribution in [-0.2, 0) is 25.6 Å². The summed E-state index contributed by atoms with van der Waals surface area (Å²) in [4.78, 5) is 49.6. The molecule has 11 nitrogen and oxygen atoms in total. The van der Waals surface area contributed by atoms with Crippen LogP contribution >= 0.6 is 0 Å². The molecular weight excluding hydrogens is 448 g/mol. The Labute approximate surface area is 198 Å². The Bertz CT molecular complexity index is 948. The molecule has 0 unspecified atom stereocenters. The smallest absolute Gasteiger partial charge is 0.411 e. The average Bonchev–Trinajstić information content (AvgIpc) is 3.06. The number of likely N-dealkylation sites (tertiary alicyclic amines) is 1. The number of carboxylic acid groups (broad SMARTS) is 2.